The van der Waals surface area contributed by atoms with Crippen molar-refractivity contribution in [1.29, 1.82) is 0 Å². The molecule has 1 aliphatic heterocycles. The van der Waals surface area contributed by atoms with E-state index in [1.807, 2.05) is 29.4 Å². The zero-order valence-electron chi connectivity index (χ0n) is 14.0. The van der Waals surface area contributed by atoms with Crippen LogP contribution in [0.25, 0.3) is 5.69 Å². The number of carbonyl (C=O) groups excluding carboxylic acids is 1. The van der Waals surface area contributed by atoms with E-state index >= 15 is 0 Å². The van der Waals surface area contributed by atoms with Crippen molar-refractivity contribution in [3.05, 3.63) is 53.1 Å². The van der Waals surface area contributed by atoms with Gasteiger partial charge in [0, 0.05) is 30.2 Å². The van der Waals surface area contributed by atoms with Gasteiger partial charge in [0.25, 0.3) is 5.91 Å². The minimum atomic E-state index is -0.266. The number of halogens is 2. The quantitative estimate of drug-likeness (QED) is 0.923. The molecule has 0 spiro atoms. The van der Waals surface area contributed by atoms with Gasteiger partial charge in [0.15, 0.2) is 0 Å². The number of likely N-dealkylation sites (tertiary alicyclic amines) is 1. The van der Waals surface area contributed by atoms with Crippen molar-refractivity contribution >= 4 is 18.3 Å². The molecule has 1 saturated heterocycles. The molecular formula is C18H23ClFN3O. The first-order valence-corrected chi connectivity index (χ1v) is 7.95. The van der Waals surface area contributed by atoms with Crippen LogP contribution in [0.2, 0.25) is 0 Å². The highest BCUT2D eigenvalue weighted by Gasteiger charge is 2.28. The van der Waals surface area contributed by atoms with Crippen LogP contribution in [0.5, 0.6) is 0 Å². The van der Waals surface area contributed by atoms with Crippen molar-refractivity contribution in [2.75, 3.05) is 19.6 Å². The molecule has 130 valence electrons. The number of carbonyl (C=O) groups is 1. The summed E-state index contributed by atoms with van der Waals surface area (Å²) in [5.74, 6) is 0.194. The Kier molecular flexibility index (Phi) is 5.67. The molecule has 4 nitrogen and oxygen atoms in total. The maximum atomic E-state index is 13.1. The van der Waals surface area contributed by atoms with E-state index in [1.165, 1.54) is 12.1 Å². The summed E-state index contributed by atoms with van der Waals surface area (Å²) in [7, 11) is 0. The van der Waals surface area contributed by atoms with E-state index in [-0.39, 0.29) is 24.1 Å². The Hall–Kier alpha value is -1.85. The molecule has 0 radical (unpaired) electrons. The predicted octanol–water partition coefficient (Wildman–Crippen LogP) is 3.08. The molecule has 0 aliphatic carbocycles. The number of amides is 1. The predicted molar refractivity (Wildman–Crippen MR) is 95.5 cm³/mol. The number of nitrogens with two attached hydrogens (primary N) is 1. The third-order valence-corrected chi connectivity index (χ3v) is 4.65. The van der Waals surface area contributed by atoms with E-state index in [9.17, 15) is 9.18 Å². The first-order chi connectivity index (χ1) is 11.0. The van der Waals surface area contributed by atoms with Crippen molar-refractivity contribution in [2.24, 2.45) is 11.7 Å². The van der Waals surface area contributed by atoms with Gasteiger partial charge in [-0.15, -0.1) is 12.4 Å². The van der Waals surface area contributed by atoms with Gasteiger partial charge in [-0.05, 0) is 63.1 Å². The number of hydrogen-bond acceptors (Lipinski definition) is 2. The average Bonchev–Trinajstić information content (AvgIpc) is 3.13. The Morgan fingerprint density at radius 2 is 1.96 bits per heavy atom. The molecule has 1 aliphatic rings. The molecule has 1 amide bonds. The number of aryl methyl sites for hydroxylation is 1. The zero-order valence-corrected chi connectivity index (χ0v) is 14.8. The molecule has 1 atom stereocenters. The number of rotatable bonds is 3. The minimum absolute atomic E-state index is 0. The van der Waals surface area contributed by atoms with Gasteiger partial charge in [-0.3, -0.25) is 4.79 Å². The van der Waals surface area contributed by atoms with Crippen molar-refractivity contribution < 1.29 is 9.18 Å². The van der Waals surface area contributed by atoms with Crippen LogP contribution in [0.3, 0.4) is 0 Å². The van der Waals surface area contributed by atoms with Gasteiger partial charge in [0.05, 0.1) is 5.56 Å². The summed E-state index contributed by atoms with van der Waals surface area (Å²) in [6.07, 6.45) is 0.971. The summed E-state index contributed by atoms with van der Waals surface area (Å²) in [4.78, 5) is 14.7. The third-order valence-electron chi connectivity index (χ3n) is 4.65. The van der Waals surface area contributed by atoms with Gasteiger partial charge in [0.2, 0.25) is 0 Å². The molecule has 1 fully saturated rings. The summed E-state index contributed by atoms with van der Waals surface area (Å²) < 4.78 is 15.1. The first kappa shape index (κ1) is 18.5. The van der Waals surface area contributed by atoms with Crippen LogP contribution < -0.4 is 5.73 Å². The normalized spacial score (nSPS) is 17.0. The number of aromatic nitrogens is 1. The second-order valence-corrected chi connectivity index (χ2v) is 6.24. The molecule has 0 saturated carbocycles. The molecule has 3 rings (SSSR count). The molecule has 2 aromatic rings. The smallest absolute Gasteiger partial charge is 0.255 e. The Morgan fingerprint density at radius 1 is 1.29 bits per heavy atom. The highest BCUT2D eigenvalue weighted by molar-refractivity contribution is 5.96. The van der Waals surface area contributed by atoms with Gasteiger partial charge in [-0.2, -0.15) is 0 Å². The highest BCUT2D eigenvalue weighted by atomic mass is 35.5. The van der Waals surface area contributed by atoms with Crippen LogP contribution >= 0.6 is 12.4 Å². The van der Waals surface area contributed by atoms with Crippen molar-refractivity contribution in [3.8, 4) is 5.69 Å². The zero-order chi connectivity index (χ0) is 16.6. The van der Waals surface area contributed by atoms with Crippen molar-refractivity contribution in [2.45, 2.75) is 20.3 Å². The maximum absolute atomic E-state index is 13.1. The van der Waals surface area contributed by atoms with E-state index in [2.05, 4.69) is 0 Å². The Labute approximate surface area is 147 Å². The first-order valence-electron chi connectivity index (χ1n) is 7.95. The van der Waals surface area contributed by atoms with Gasteiger partial charge in [-0.25, -0.2) is 4.39 Å². The fraction of sp³-hybridized carbons (Fsp3) is 0.389. The van der Waals surface area contributed by atoms with Crippen LogP contribution in [-0.4, -0.2) is 35.0 Å². The third kappa shape index (κ3) is 3.32. The Balaban J connectivity index is 0.00000208. The highest BCUT2D eigenvalue weighted by Crippen LogP contribution is 2.24. The van der Waals surface area contributed by atoms with Crippen molar-refractivity contribution in [3.63, 3.8) is 0 Å². The molecule has 1 unspecified atom stereocenters. The standard InChI is InChI=1S/C18H22FN3O.ClH/c1-12-9-17(18(23)21-8-7-14(10-20)11-21)13(2)22(12)16-5-3-15(19)4-6-16;/h3-6,9,14H,7-8,10-11,20H2,1-2H3;1H. The maximum Gasteiger partial charge on any atom is 0.255 e. The largest absolute Gasteiger partial charge is 0.338 e. The lowest BCUT2D eigenvalue weighted by Crippen LogP contribution is -2.30. The second kappa shape index (κ2) is 7.36. The monoisotopic (exact) mass is 351 g/mol. The molecular weight excluding hydrogens is 329 g/mol. The van der Waals surface area contributed by atoms with E-state index in [0.29, 0.717) is 18.0 Å². The molecule has 2 heterocycles. The lowest BCUT2D eigenvalue weighted by molar-refractivity contribution is 0.0787. The summed E-state index contributed by atoms with van der Waals surface area (Å²) in [5, 5.41) is 0. The van der Waals surface area contributed by atoms with E-state index in [0.717, 1.165) is 36.6 Å². The number of nitrogens with zero attached hydrogens (tertiary/aromatic N) is 2. The Morgan fingerprint density at radius 3 is 2.54 bits per heavy atom. The van der Waals surface area contributed by atoms with Gasteiger partial charge in [0.1, 0.15) is 5.82 Å². The lowest BCUT2D eigenvalue weighted by atomic mass is 10.1. The number of benzene rings is 1. The van der Waals surface area contributed by atoms with Gasteiger partial charge in [-0.1, -0.05) is 0 Å². The summed E-state index contributed by atoms with van der Waals surface area (Å²) in [5.41, 5.74) is 9.13. The van der Waals surface area contributed by atoms with E-state index in [1.54, 1.807) is 12.1 Å². The summed E-state index contributed by atoms with van der Waals surface area (Å²) >= 11 is 0. The van der Waals surface area contributed by atoms with E-state index < -0.39 is 0 Å². The fourth-order valence-electron chi connectivity index (χ4n) is 3.35. The topological polar surface area (TPSA) is 51.3 Å². The van der Waals surface area contributed by atoms with Crippen LogP contribution in [-0.2, 0) is 0 Å². The molecule has 1 aromatic carbocycles. The van der Waals surface area contributed by atoms with Crippen LogP contribution in [0, 0.1) is 25.6 Å². The molecule has 24 heavy (non-hydrogen) atoms. The fourth-order valence-corrected chi connectivity index (χ4v) is 3.35. The van der Waals surface area contributed by atoms with E-state index in [4.69, 9.17) is 5.73 Å². The van der Waals surface area contributed by atoms with Crippen LogP contribution in [0.4, 0.5) is 4.39 Å². The van der Waals surface area contributed by atoms with Gasteiger partial charge < -0.3 is 15.2 Å². The van der Waals surface area contributed by atoms with Crippen molar-refractivity contribution in [1.82, 2.24) is 9.47 Å². The SMILES string of the molecule is Cc1cc(C(=O)N2CCC(CN)C2)c(C)n1-c1ccc(F)cc1.Cl. The van der Waals surface area contributed by atoms with Gasteiger partial charge >= 0.3 is 0 Å². The molecule has 1 aromatic heterocycles. The number of hydrogen-bond donors (Lipinski definition) is 1. The van der Waals surface area contributed by atoms with Crippen LogP contribution in [0.15, 0.2) is 30.3 Å². The molecule has 0 bridgehead atoms. The molecule has 2 N–H and O–H groups in total. The average molecular weight is 352 g/mol. The molecule has 6 heteroatoms. The summed E-state index contributed by atoms with van der Waals surface area (Å²) in [6, 6.07) is 8.23. The van der Waals surface area contributed by atoms with Crippen LogP contribution in [0.1, 0.15) is 28.2 Å². The Bertz CT molecular complexity index is 727. The lowest BCUT2D eigenvalue weighted by Gasteiger charge is -2.16. The minimum Gasteiger partial charge on any atom is -0.338 e. The second-order valence-electron chi connectivity index (χ2n) is 6.24. The summed E-state index contributed by atoms with van der Waals surface area (Å²) in [6.45, 7) is 6.01.